The number of anilines is 1. The first-order chi connectivity index (χ1) is 16.1. The molecule has 1 fully saturated rings. The van der Waals surface area contributed by atoms with E-state index in [9.17, 15) is 8.42 Å². The summed E-state index contributed by atoms with van der Waals surface area (Å²) in [4.78, 5) is 5.04. The fourth-order valence-corrected chi connectivity index (χ4v) is 5.40. The lowest BCUT2D eigenvalue weighted by Gasteiger charge is -2.25. The number of rotatable bonds is 5. The van der Waals surface area contributed by atoms with Crippen LogP contribution < -0.4 is 11.0 Å². The van der Waals surface area contributed by atoms with Crippen molar-refractivity contribution in [1.29, 1.82) is 0 Å². The van der Waals surface area contributed by atoms with Gasteiger partial charge in [-0.05, 0) is 49.2 Å². The molecular weight excluding hydrogens is 436 g/mol. The van der Waals surface area contributed by atoms with Crippen LogP contribution in [0.4, 0.5) is 5.69 Å². The predicted molar refractivity (Wildman–Crippen MR) is 128 cm³/mol. The molecule has 3 aromatic carbocycles. The van der Waals surface area contributed by atoms with Crippen LogP contribution >= 0.6 is 0 Å². The Labute approximate surface area is 192 Å². The summed E-state index contributed by atoms with van der Waals surface area (Å²) in [5, 5.41) is 4.44. The summed E-state index contributed by atoms with van der Waals surface area (Å²) in [6, 6.07) is 23.8. The SMILES string of the molecule is O=S(=O)(c1ccc(-c2nc3ccccc3o/c2=N\Nc2ccccc2)cc1)N1CCCCC1. The molecule has 1 aliphatic rings. The molecule has 0 atom stereocenters. The standard InChI is InChI=1S/C25H24N4O3S/c30-33(31,29-17-7-2-8-18-29)21-15-13-19(14-16-21)24-25(28-27-20-9-3-1-4-10-20)32-23-12-6-5-11-22(23)26-24/h1,3-6,9-16,27H,2,7-8,17-18H2/b28-25-. The van der Waals surface area contributed by atoms with Crippen molar-refractivity contribution in [1.82, 2.24) is 9.29 Å². The second-order valence-corrected chi connectivity index (χ2v) is 9.85. The highest BCUT2D eigenvalue weighted by Crippen LogP contribution is 2.24. The summed E-state index contributed by atoms with van der Waals surface area (Å²) in [7, 11) is -3.50. The molecule has 7 nitrogen and oxygen atoms in total. The normalized spacial score (nSPS) is 15.6. The van der Waals surface area contributed by atoms with E-state index < -0.39 is 10.0 Å². The molecule has 5 rings (SSSR count). The molecule has 0 bridgehead atoms. The number of benzene rings is 3. The van der Waals surface area contributed by atoms with E-state index in [2.05, 4.69) is 10.5 Å². The van der Waals surface area contributed by atoms with Crippen LogP contribution in [0.2, 0.25) is 0 Å². The van der Waals surface area contributed by atoms with Gasteiger partial charge in [0.25, 0.3) is 5.55 Å². The number of piperidine rings is 1. The van der Waals surface area contributed by atoms with Crippen LogP contribution in [0.15, 0.2) is 93.3 Å². The number of sulfonamides is 1. The third kappa shape index (κ3) is 4.53. The Balaban J connectivity index is 1.54. The average molecular weight is 461 g/mol. The summed E-state index contributed by atoms with van der Waals surface area (Å²) in [5.74, 6) is 0. The average Bonchev–Trinajstić information content (AvgIpc) is 2.88. The number of para-hydroxylation sites is 3. The van der Waals surface area contributed by atoms with Gasteiger partial charge in [-0.2, -0.15) is 4.31 Å². The van der Waals surface area contributed by atoms with Crippen LogP contribution in [0.1, 0.15) is 19.3 Å². The first-order valence-electron chi connectivity index (χ1n) is 11.0. The van der Waals surface area contributed by atoms with E-state index in [1.807, 2.05) is 54.6 Å². The summed E-state index contributed by atoms with van der Waals surface area (Å²) in [6.45, 7) is 1.15. The number of nitrogens with zero attached hydrogens (tertiary/aromatic N) is 3. The molecule has 0 spiro atoms. The molecule has 1 N–H and O–H groups in total. The van der Waals surface area contributed by atoms with Gasteiger partial charge in [-0.25, -0.2) is 13.4 Å². The zero-order valence-electron chi connectivity index (χ0n) is 18.0. The van der Waals surface area contributed by atoms with Gasteiger partial charge in [0.2, 0.25) is 10.0 Å². The molecule has 33 heavy (non-hydrogen) atoms. The predicted octanol–water partition coefficient (Wildman–Crippen LogP) is 4.60. The van der Waals surface area contributed by atoms with Crippen LogP contribution in [0.25, 0.3) is 22.4 Å². The van der Waals surface area contributed by atoms with Crippen molar-refractivity contribution in [3.05, 3.63) is 84.4 Å². The maximum Gasteiger partial charge on any atom is 0.263 e. The van der Waals surface area contributed by atoms with Crippen LogP contribution in [0, 0.1) is 0 Å². The first-order valence-corrected chi connectivity index (χ1v) is 12.4. The van der Waals surface area contributed by atoms with Crippen LogP contribution in [-0.4, -0.2) is 30.8 Å². The Morgan fingerprint density at radius 1 is 0.848 bits per heavy atom. The molecule has 1 aliphatic heterocycles. The Morgan fingerprint density at radius 3 is 2.30 bits per heavy atom. The Hall–Kier alpha value is -3.49. The first kappa shape index (κ1) is 21.4. The van der Waals surface area contributed by atoms with E-state index in [1.165, 1.54) is 0 Å². The number of hydrogen-bond acceptors (Lipinski definition) is 6. The van der Waals surface area contributed by atoms with E-state index >= 15 is 0 Å². The smallest absolute Gasteiger partial charge is 0.263 e. The molecule has 168 valence electrons. The minimum Gasteiger partial charge on any atom is -0.434 e. The summed E-state index contributed by atoms with van der Waals surface area (Å²) >= 11 is 0. The van der Waals surface area contributed by atoms with Crippen molar-refractivity contribution in [3.63, 3.8) is 0 Å². The highest BCUT2D eigenvalue weighted by Gasteiger charge is 2.25. The largest absolute Gasteiger partial charge is 0.434 e. The number of aromatic nitrogens is 1. The highest BCUT2D eigenvalue weighted by atomic mass is 32.2. The van der Waals surface area contributed by atoms with E-state index in [4.69, 9.17) is 9.40 Å². The van der Waals surface area contributed by atoms with E-state index in [0.717, 1.165) is 30.5 Å². The van der Waals surface area contributed by atoms with Gasteiger partial charge >= 0.3 is 0 Å². The summed E-state index contributed by atoms with van der Waals surface area (Å²) < 4.78 is 33.6. The van der Waals surface area contributed by atoms with Gasteiger partial charge in [0.1, 0.15) is 11.2 Å². The second kappa shape index (κ2) is 9.17. The molecule has 1 saturated heterocycles. The van der Waals surface area contributed by atoms with Gasteiger partial charge in [0.15, 0.2) is 5.58 Å². The molecule has 0 radical (unpaired) electrons. The zero-order chi connectivity index (χ0) is 22.7. The quantitative estimate of drug-likeness (QED) is 0.440. The van der Waals surface area contributed by atoms with Gasteiger partial charge in [-0.1, -0.05) is 48.9 Å². The van der Waals surface area contributed by atoms with E-state index in [1.54, 1.807) is 28.6 Å². The number of hydrogen-bond donors (Lipinski definition) is 1. The van der Waals surface area contributed by atoms with Gasteiger partial charge in [-0.15, -0.1) is 5.10 Å². The molecule has 2 heterocycles. The molecule has 0 unspecified atom stereocenters. The van der Waals surface area contributed by atoms with Crippen LogP contribution in [0.3, 0.4) is 0 Å². The number of nitrogens with one attached hydrogen (secondary N) is 1. The van der Waals surface area contributed by atoms with Crippen LogP contribution in [0.5, 0.6) is 0 Å². The topological polar surface area (TPSA) is 87.8 Å². The lowest BCUT2D eigenvalue weighted by atomic mass is 10.1. The lowest BCUT2D eigenvalue weighted by Crippen LogP contribution is -2.35. The Kier molecular flexibility index (Phi) is 5.93. The molecule has 4 aromatic rings. The molecule has 1 aromatic heterocycles. The monoisotopic (exact) mass is 460 g/mol. The van der Waals surface area contributed by atoms with Crippen molar-refractivity contribution in [2.24, 2.45) is 5.10 Å². The maximum atomic E-state index is 13.0. The third-order valence-corrected chi connectivity index (χ3v) is 7.56. The summed E-state index contributed by atoms with van der Waals surface area (Å²) in [5.41, 5.74) is 6.67. The Bertz CT molecular complexity index is 1430. The van der Waals surface area contributed by atoms with Gasteiger partial charge in [-0.3, -0.25) is 5.43 Å². The summed E-state index contributed by atoms with van der Waals surface area (Å²) in [6.07, 6.45) is 2.88. The molecule has 8 heteroatoms. The lowest BCUT2D eigenvalue weighted by molar-refractivity contribution is 0.346. The minimum atomic E-state index is -3.50. The molecule has 0 aliphatic carbocycles. The van der Waals surface area contributed by atoms with Gasteiger partial charge < -0.3 is 4.42 Å². The second-order valence-electron chi connectivity index (χ2n) is 7.91. The van der Waals surface area contributed by atoms with Crippen molar-refractivity contribution < 1.29 is 12.8 Å². The van der Waals surface area contributed by atoms with Gasteiger partial charge in [0.05, 0.1) is 10.6 Å². The van der Waals surface area contributed by atoms with Crippen LogP contribution in [-0.2, 0) is 10.0 Å². The molecule has 0 saturated carbocycles. The van der Waals surface area contributed by atoms with E-state index in [0.29, 0.717) is 35.4 Å². The molecule has 0 amide bonds. The van der Waals surface area contributed by atoms with Crippen molar-refractivity contribution in [2.45, 2.75) is 24.2 Å². The van der Waals surface area contributed by atoms with Crippen molar-refractivity contribution in [3.8, 4) is 11.3 Å². The van der Waals surface area contributed by atoms with E-state index in [-0.39, 0.29) is 4.90 Å². The molecular formula is C25H24N4O3S. The van der Waals surface area contributed by atoms with Crippen molar-refractivity contribution >= 4 is 26.8 Å². The van der Waals surface area contributed by atoms with Gasteiger partial charge in [0, 0.05) is 18.7 Å². The minimum absolute atomic E-state index is 0.284. The zero-order valence-corrected chi connectivity index (χ0v) is 18.8. The number of fused-ring (bicyclic) bond motifs is 1. The fraction of sp³-hybridized carbons (Fsp3) is 0.200. The van der Waals surface area contributed by atoms with Crippen molar-refractivity contribution in [2.75, 3.05) is 18.5 Å². The third-order valence-electron chi connectivity index (χ3n) is 5.65. The fourth-order valence-electron chi connectivity index (χ4n) is 3.89. The Morgan fingerprint density at radius 2 is 1.55 bits per heavy atom. The maximum absolute atomic E-state index is 13.0. The highest BCUT2D eigenvalue weighted by molar-refractivity contribution is 7.89.